The van der Waals surface area contributed by atoms with Crippen LogP contribution in [-0.2, 0) is 0 Å². The number of piperazine rings is 1. The zero-order chi connectivity index (χ0) is 15.9. The third-order valence-corrected chi connectivity index (χ3v) is 3.89. The number of methoxy groups -OCH3 is 2. The number of carbonyl (C=O) groups excluding carboxylic acids is 1. The lowest BCUT2D eigenvalue weighted by Crippen LogP contribution is -2.48. The van der Waals surface area contributed by atoms with Crippen molar-refractivity contribution in [2.75, 3.05) is 53.6 Å². The van der Waals surface area contributed by atoms with Gasteiger partial charge in [0.15, 0.2) is 0 Å². The molecule has 0 unspecified atom stereocenters. The summed E-state index contributed by atoms with van der Waals surface area (Å²) in [7, 11) is 3.14. The van der Waals surface area contributed by atoms with Crippen molar-refractivity contribution in [1.29, 1.82) is 0 Å². The average Bonchev–Trinajstić information content (AvgIpc) is 2.59. The molecule has 0 bridgehead atoms. The molecule has 0 aromatic heterocycles. The van der Waals surface area contributed by atoms with Crippen molar-refractivity contribution in [3.63, 3.8) is 0 Å². The van der Waals surface area contributed by atoms with Crippen LogP contribution >= 0.6 is 0 Å². The van der Waals surface area contributed by atoms with Crippen LogP contribution in [0.5, 0.6) is 11.5 Å². The third-order valence-electron chi connectivity index (χ3n) is 3.89. The summed E-state index contributed by atoms with van der Waals surface area (Å²) in [6.45, 7) is 4.17. The van der Waals surface area contributed by atoms with Gasteiger partial charge < -0.3 is 19.5 Å². The minimum atomic E-state index is -0.000918. The second-order valence-electron chi connectivity index (χ2n) is 5.31. The molecule has 122 valence electrons. The molecule has 0 aliphatic carbocycles. The standard InChI is InChI=1S/C16H24N2O4/c1-21-14-10-13(11-15(12-14)22-2)16(20)18-7-5-17(6-8-18)4-3-9-19/h10-12,19H,3-9H2,1-2H3. The minimum Gasteiger partial charge on any atom is -0.497 e. The Labute approximate surface area is 131 Å². The lowest BCUT2D eigenvalue weighted by molar-refractivity contribution is 0.0628. The van der Waals surface area contributed by atoms with Crippen LogP contribution in [0.2, 0.25) is 0 Å². The summed E-state index contributed by atoms with van der Waals surface area (Å²) in [5.41, 5.74) is 0.583. The highest BCUT2D eigenvalue weighted by Gasteiger charge is 2.22. The first-order chi connectivity index (χ1) is 10.7. The first-order valence-corrected chi connectivity index (χ1v) is 7.53. The fourth-order valence-corrected chi connectivity index (χ4v) is 2.58. The zero-order valence-electron chi connectivity index (χ0n) is 13.2. The van der Waals surface area contributed by atoms with E-state index in [1.165, 1.54) is 0 Å². The molecular weight excluding hydrogens is 284 g/mol. The summed E-state index contributed by atoms with van der Waals surface area (Å²) in [4.78, 5) is 16.7. The van der Waals surface area contributed by atoms with E-state index < -0.39 is 0 Å². The number of hydrogen-bond acceptors (Lipinski definition) is 5. The number of ether oxygens (including phenoxy) is 2. The Morgan fingerprint density at radius 3 is 2.18 bits per heavy atom. The van der Waals surface area contributed by atoms with Crippen LogP contribution in [0.1, 0.15) is 16.8 Å². The van der Waals surface area contributed by atoms with E-state index in [0.29, 0.717) is 30.2 Å². The van der Waals surface area contributed by atoms with E-state index in [2.05, 4.69) is 4.90 Å². The zero-order valence-corrected chi connectivity index (χ0v) is 13.2. The predicted octanol–water partition coefficient (Wildman–Crippen LogP) is 0.844. The van der Waals surface area contributed by atoms with Crippen molar-refractivity contribution in [3.05, 3.63) is 23.8 Å². The first-order valence-electron chi connectivity index (χ1n) is 7.53. The maximum atomic E-state index is 12.6. The SMILES string of the molecule is COc1cc(OC)cc(C(=O)N2CCN(CCCO)CC2)c1. The number of aliphatic hydroxyl groups is 1. The van der Waals surface area contributed by atoms with E-state index in [4.69, 9.17) is 14.6 Å². The molecule has 0 spiro atoms. The van der Waals surface area contributed by atoms with Crippen LogP contribution in [0, 0.1) is 0 Å². The minimum absolute atomic E-state index is 0.000918. The van der Waals surface area contributed by atoms with Gasteiger partial charge >= 0.3 is 0 Å². The highest BCUT2D eigenvalue weighted by atomic mass is 16.5. The van der Waals surface area contributed by atoms with Crippen LogP contribution < -0.4 is 9.47 Å². The summed E-state index contributed by atoms with van der Waals surface area (Å²) >= 11 is 0. The molecule has 1 amide bonds. The molecule has 0 saturated carbocycles. The van der Waals surface area contributed by atoms with Crippen molar-refractivity contribution in [1.82, 2.24) is 9.80 Å². The average molecular weight is 308 g/mol. The largest absolute Gasteiger partial charge is 0.497 e. The number of amides is 1. The molecule has 1 N–H and O–H groups in total. The fourth-order valence-electron chi connectivity index (χ4n) is 2.58. The molecular formula is C16H24N2O4. The van der Waals surface area contributed by atoms with Crippen molar-refractivity contribution in [2.24, 2.45) is 0 Å². The molecule has 6 heteroatoms. The van der Waals surface area contributed by atoms with Gasteiger partial charge in [0.2, 0.25) is 0 Å². The molecule has 2 rings (SSSR count). The Hall–Kier alpha value is -1.79. The fraction of sp³-hybridized carbons (Fsp3) is 0.562. The molecule has 0 radical (unpaired) electrons. The monoisotopic (exact) mass is 308 g/mol. The van der Waals surface area contributed by atoms with Crippen molar-refractivity contribution in [2.45, 2.75) is 6.42 Å². The van der Waals surface area contributed by atoms with Crippen molar-refractivity contribution < 1.29 is 19.4 Å². The Morgan fingerprint density at radius 2 is 1.68 bits per heavy atom. The van der Waals surface area contributed by atoms with Gasteiger partial charge in [-0.1, -0.05) is 0 Å². The van der Waals surface area contributed by atoms with Gasteiger partial charge in [-0.25, -0.2) is 0 Å². The molecule has 1 heterocycles. The van der Waals surface area contributed by atoms with Gasteiger partial charge in [-0.15, -0.1) is 0 Å². The number of hydrogen-bond donors (Lipinski definition) is 1. The van der Waals surface area contributed by atoms with Gasteiger partial charge in [-0.2, -0.15) is 0 Å². The topological polar surface area (TPSA) is 62.2 Å². The second-order valence-corrected chi connectivity index (χ2v) is 5.31. The molecule has 1 aliphatic rings. The Bertz CT molecular complexity index is 477. The van der Waals surface area contributed by atoms with Crippen molar-refractivity contribution >= 4 is 5.91 Å². The Kier molecular flexibility index (Phi) is 6.03. The van der Waals surface area contributed by atoms with E-state index in [-0.39, 0.29) is 12.5 Å². The summed E-state index contributed by atoms with van der Waals surface area (Å²) in [6.07, 6.45) is 0.779. The summed E-state index contributed by atoms with van der Waals surface area (Å²) in [5, 5.41) is 8.87. The van der Waals surface area contributed by atoms with Gasteiger partial charge in [-0.3, -0.25) is 9.69 Å². The highest BCUT2D eigenvalue weighted by Crippen LogP contribution is 2.23. The van der Waals surface area contributed by atoms with E-state index in [0.717, 1.165) is 26.1 Å². The maximum absolute atomic E-state index is 12.6. The summed E-state index contributed by atoms with van der Waals surface area (Å²) in [6, 6.07) is 5.23. The van der Waals surface area contributed by atoms with Gasteiger partial charge in [0.25, 0.3) is 5.91 Å². The van der Waals surface area contributed by atoms with Crippen LogP contribution in [0.25, 0.3) is 0 Å². The first kappa shape index (κ1) is 16.6. The van der Waals surface area contributed by atoms with Gasteiger partial charge in [0.1, 0.15) is 11.5 Å². The van der Waals surface area contributed by atoms with Gasteiger partial charge in [-0.05, 0) is 18.6 Å². The lowest BCUT2D eigenvalue weighted by atomic mass is 10.1. The second kappa shape index (κ2) is 8.00. The molecule has 1 aliphatic heterocycles. The maximum Gasteiger partial charge on any atom is 0.254 e. The number of carbonyl (C=O) groups is 1. The van der Waals surface area contributed by atoms with Crippen LogP contribution in [-0.4, -0.2) is 74.4 Å². The van der Waals surface area contributed by atoms with Crippen molar-refractivity contribution in [3.8, 4) is 11.5 Å². The van der Waals surface area contributed by atoms with Crippen LogP contribution in [0.4, 0.5) is 0 Å². The van der Waals surface area contributed by atoms with Gasteiger partial charge in [0.05, 0.1) is 14.2 Å². The van der Waals surface area contributed by atoms with E-state index in [9.17, 15) is 4.79 Å². The molecule has 0 atom stereocenters. The van der Waals surface area contributed by atoms with E-state index in [1.54, 1.807) is 32.4 Å². The Balaban J connectivity index is 2.00. The van der Waals surface area contributed by atoms with E-state index >= 15 is 0 Å². The highest BCUT2D eigenvalue weighted by molar-refractivity contribution is 5.95. The third kappa shape index (κ3) is 4.11. The van der Waals surface area contributed by atoms with Crippen LogP contribution in [0.3, 0.4) is 0 Å². The molecule has 1 aromatic carbocycles. The smallest absolute Gasteiger partial charge is 0.254 e. The van der Waals surface area contributed by atoms with Gasteiger partial charge in [0, 0.05) is 51.0 Å². The molecule has 1 saturated heterocycles. The molecule has 22 heavy (non-hydrogen) atoms. The molecule has 1 aromatic rings. The Morgan fingerprint density at radius 1 is 1.09 bits per heavy atom. The predicted molar refractivity (Wildman–Crippen MR) is 83.6 cm³/mol. The number of benzene rings is 1. The molecule has 6 nitrogen and oxygen atoms in total. The quantitative estimate of drug-likeness (QED) is 0.844. The van der Waals surface area contributed by atoms with Crippen LogP contribution in [0.15, 0.2) is 18.2 Å². The number of aliphatic hydroxyl groups excluding tert-OH is 1. The summed E-state index contributed by atoms with van der Waals surface area (Å²) < 4.78 is 10.4. The number of rotatable bonds is 6. The lowest BCUT2D eigenvalue weighted by Gasteiger charge is -2.34. The normalized spacial score (nSPS) is 15.7. The summed E-state index contributed by atoms with van der Waals surface area (Å²) in [5.74, 6) is 1.23. The van der Waals surface area contributed by atoms with E-state index in [1.807, 2.05) is 4.90 Å². The molecule has 1 fully saturated rings. The number of nitrogens with zero attached hydrogens (tertiary/aromatic N) is 2.